The average molecular weight is 390 g/mol. The lowest BCUT2D eigenvalue weighted by atomic mass is 10.00. The number of amides is 1. The first-order valence-corrected chi connectivity index (χ1v) is 8.98. The zero-order valence-corrected chi connectivity index (χ0v) is 15.8. The van der Waals surface area contributed by atoms with Crippen molar-refractivity contribution in [3.05, 3.63) is 48.0 Å². The summed E-state index contributed by atoms with van der Waals surface area (Å²) in [6.45, 7) is 2.03. The number of nitrogen functional groups attached to an aromatic ring is 1. The molecule has 2 aromatic rings. The van der Waals surface area contributed by atoms with Gasteiger partial charge in [-0.2, -0.15) is 0 Å². The highest BCUT2D eigenvalue weighted by molar-refractivity contribution is 5.85. The van der Waals surface area contributed by atoms with Crippen LogP contribution in [0.15, 0.2) is 42.5 Å². The number of nitrogens with two attached hydrogens (primary N) is 1. The summed E-state index contributed by atoms with van der Waals surface area (Å²) in [4.78, 5) is 14.5. The van der Waals surface area contributed by atoms with Crippen LogP contribution in [0.5, 0.6) is 11.5 Å². The van der Waals surface area contributed by atoms with Gasteiger partial charge in [0.25, 0.3) is 0 Å². The van der Waals surface area contributed by atoms with E-state index in [-0.39, 0.29) is 24.4 Å². The Balaban J connectivity index is 0.00000210. The Morgan fingerprint density at radius 3 is 2.85 bits per heavy atom. The van der Waals surface area contributed by atoms with Crippen LogP contribution < -0.4 is 25.4 Å². The first kappa shape index (κ1) is 19.2. The molecular weight excluding hydrogens is 366 g/mol. The van der Waals surface area contributed by atoms with Crippen LogP contribution in [0, 0.1) is 0 Å². The quantitative estimate of drug-likeness (QED) is 0.785. The van der Waals surface area contributed by atoms with Gasteiger partial charge in [0.15, 0.2) is 11.5 Å². The van der Waals surface area contributed by atoms with Gasteiger partial charge in [0, 0.05) is 17.9 Å². The minimum absolute atomic E-state index is 0. The summed E-state index contributed by atoms with van der Waals surface area (Å²) in [5, 5.41) is 2.96. The summed E-state index contributed by atoms with van der Waals surface area (Å²) in [7, 11) is 0. The summed E-state index contributed by atoms with van der Waals surface area (Å²) >= 11 is 0. The van der Waals surface area contributed by atoms with E-state index in [4.69, 9.17) is 15.2 Å². The highest BCUT2D eigenvalue weighted by atomic mass is 35.5. The molecule has 3 N–H and O–H groups in total. The van der Waals surface area contributed by atoms with Gasteiger partial charge in [-0.05, 0) is 42.7 Å². The molecule has 0 aromatic heterocycles. The molecule has 0 radical (unpaired) electrons. The molecule has 2 aromatic carbocycles. The molecule has 1 unspecified atom stereocenters. The second kappa shape index (κ2) is 8.39. The van der Waals surface area contributed by atoms with Gasteiger partial charge in [0.1, 0.15) is 12.7 Å². The molecule has 27 heavy (non-hydrogen) atoms. The number of nitrogens with zero attached hydrogens (tertiary/aromatic N) is 1. The van der Waals surface area contributed by atoms with Crippen LogP contribution in [0.25, 0.3) is 0 Å². The molecule has 0 bridgehead atoms. The van der Waals surface area contributed by atoms with E-state index in [1.807, 2.05) is 42.5 Å². The molecule has 0 spiro atoms. The predicted molar refractivity (Wildman–Crippen MR) is 108 cm³/mol. The molecule has 2 aliphatic rings. The fraction of sp³-hybridized carbons (Fsp3) is 0.350. The van der Waals surface area contributed by atoms with Crippen molar-refractivity contribution in [3.8, 4) is 11.5 Å². The SMILES string of the molecule is Cl.Nc1cccc2c1CCCN2CC(=O)NCC1COc2ccccc2O1. The number of hydrogen-bond donors (Lipinski definition) is 2. The van der Waals surface area contributed by atoms with Crippen molar-refractivity contribution >= 4 is 29.7 Å². The lowest BCUT2D eigenvalue weighted by Gasteiger charge is -2.32. The number of para-hydroxylation sites is 2. The number of halogens is 1. The molecule has 4 rings (SSSR count). The Kier molecular flexibility index (Phi) is 5.96. The molecule has 7 heteroatoms. The van der Waals surface area contributed by atoms with Crippen LogP contribution in [0.1, 0.15) is 12.0 Å². The van der Waals surface area contributed by atoms with E-state index in [1.165, 1.54) is 0 Å². The smallest absolute Gasteiger partial charge is 0.239 e. The van der Waals surface area contributed by atoms with Gasteiger partial charge < -0.3 is 25.4 Å². The Morgan fingerprint density at radius 2 is 2.00 bits per heavy atom. The van der Waals surface area contributed by atoms with Crippen LogP contribution >= 0.6 is 12.4 Å². The highest BCUT2D eigenvalue weighted by Gasteiger charge is 2.23. The normalized spacial score (nSPS) is 17.5. The molecule has 0 saturated heterocycles. The first-order chi connectivity index (χ1) is 12.7. The highest BCUT2D eigenvalue weighted by Crippen LogP contribution is 2.31. The number of carbonyl (C=O) groups excluding carboxylic acids is 1. The maximum atomic E-state index is 12.4. The Hall–Kier alpha value is -2.60. The summed E-state index contributed by atoms with van der Waals surface area (Å²) in [6, 6.07) is 13.5. The molecular formula is C20H24ClN3O3. The summed E-state index contributed by atoms with van der Waals surface area (Å²) < 4.78 is 11.6. The van der Waals surface area contributed by atoms with Gasteiger partial charge in [0.05, 0.1) is 13.1 Å². The monoisotopic (exact) mass is 389 g/mol. The van der Waals surface area contributed by atoms with E-state index in [1.54, 1.807) is 0 Å². The number of ether oxygens (including phenoxy) is 2. The van der Waals surface area contributed by atoms with E-state index in [9.17, 15) is 4.79 Å². The second-order valence-electron chi connectivity index (χ2n) is 6.67. The molecule has 1 amide bonds. The molecule has 0 aliphatic carbocycles. The van der Waals surface area contributed by atoms with E-state index in [0.717, 1.165) is 47.8 Å². The summed E-state index contributed by atoms with van der Waals surface area (Å²) in [5.74, 6) is 1.44. The molecule has 144 valence electrons. The number of benzene rings is 2. The lowest BCUT2D eigenvalue weighted by molar-refractivity contribution is -0.120. The van der Waals surface area contributed by atoms with Crippen molar-refractivity contribution in [2.24, 2.45) is 0 Å². The number of hydrogen-bond acceptors (Lipinski definition) is 5. The van der Waals surface area contributed by atoms with Crippen LogP contribution in [0.4, 0.5) is 11.4 Å². The minimum atomic E-state index is -0.182. The van der Waals surface area contributed by atoms with E-state index in [2.05, 4.69) is 10.2 Å². The molecule has 1 atom stereocenters. The van der Waals surface area contributed by atoms with Crippen molar-refractivity contribution in [1.29, 1.82) is 0 Å². The first-order valence-electron chi connectivity index (χ1n) is 8.98. The number of rotatable bonds is 4. The third kappa shape index (κ3) is 4.22. The zero-order chi connectivity index (χ0) is 17.9. The van der Waals surface area contributed by atoms with Crippen molar-refractivity contribution < 1.29 is 14.3 Å². The average Bonchev–Trinajstić information content (AvgIpc) is 2.67. The Morgan fingerprint density at radius 1 is 1.19 bits per heavy atom. The maximum absolute atomic E-state index is 12.4. The zero-order valence-electron chi connectivity index (χ0n) is 15.0. The third-order valence-electron chi connectivity index (χ3n) is 4.81. The summed E-state index contributed by atoms with van der Waals surface area (Å²) in [6.07, 6.45) is 1.79. The molecule has 6 nitrogen and oxygen atoms in total. The Bertz CT molecular complexity index is 815. The van der Waals surface area contributed by atoms with Crippen LogP contribution in [0.3, 0.4) is 0 Å². The molecule has 0 saturated carbocycles. The fourth-order valence-electron chi connectivity index (χ4n) is 3.51. The van der Waals surface area contributed by atoms with E-state index < -0.39 is 0 Å². The van der Waals surface area contributed by atoms with Gasteiger partial charge in [-0.25, -0.2) is 0 Å². The van der Waals surface area contributed by atoms with Crippen LogP contribution in [-0.4, -0.2) is 38.3 Å². The van der Waals surface area contributed by atoms with Crippen molar-refractivity contribution in [2.45, 2.75) is 18.9 Å². The van der Waals surface area contributed by atoms with Gasteiger partial charge in [-0.15, -0.1) is 12.4 Å². The number of fused-ring (bicyclic) bond motifs is 2. The Labute approximate surface area is 165 Å². The van der Waals surface area contributed by atoms with Crippen LogP contribution in [0.2, 0.25) is 0 Å². The fourth-order valence-corrected chi connectivity index (χ4v) is 3.51. The second-order valence-corrected chi connectivity index (χ2v) is 6.67. The minimum Gasteiger partial charge on any atom is -0.486 e. The maximum Gasteiger partial charge on any atom is 0.239 e. The number of nitrogens with one attached hydrogen (secondary N) is 1. The molecule has 0 fully saturated rings. The number of anilines is 2. The predicted octanol–water partition coefficient (Wildman–Crippen LogP) is 2.40. The van der Waals surface area contributed by atoms with Crippen LogP contribution in [-0.2, 0) is 11.2 Å². The van der Waals surface area contributed by atoms with Crippen molar-refractivity contribution in [1.82, 2.24) is 5.32 Å². The number of carbonyl (C=O) groups is 1. The van der Waals surface area contributed by atoms with Gasteiger partial charge in [-0.1, -0.05) is 18.2 Å². The third-order valence-corrected chi connectivity index (χ3v) is 4.81. The summed E-state index contributed by atoms with van der Waals surface area (Å²) in [5.41, 5.74) is 9.09. The van der Waals surface area contributed by atoms with Gasteiger partial charge in [-0.3, -0.25) is 4.79 Å². The molecule has 2 heterocycles. The van der Waals surface area contributed by atoms with E-state index >= 15 is 0 Å². The van der Waals surface area contributed by atoms with E-state index in [0.29, 0.717) is 19.7 Å². The van der Waals surface area contributed by atoms with Crippen molar-refractivity contribution in [2.75, 3.05) is 36.9 Å². The largest absolute Gasteiger partial charge is 0.486 e. The van der Waals surface area contributed by atoms with Gasteiger partial charge >= 0.3 is 0 Å². The van der Waals surface area contributed by atoms with Crippen molar-refractivity contribution in [3.63, 3.8) is 0 Å². The topological polar surface area (TPSA) is 76.8 Å². The standard InChI is InChI=1S/C20H23N3O3.ClH/c21-16-6-3-7-17-15(16)5-4-10-23(17)12-20(24)22-11-14-13-25-18-8-1-2-9-19(18)26-14;/h1-3,6-9,14H,4-5,10-13,21H2,(H,22,24);1H. The lowest BCUT2D eigenvalue weighted by Crippen LogP contribution is -2.45. The molecule has 2 aliphatic heterocycles. The van der Waals surface area contributed by atoms with Gasteiger partial charge in [0.2, 0.25) is 5.91 Å².